The van der Waals surface area contributed by atoms with Crippen LogP contribution in [0.5, 0.6) is 0 Å². The molecule has 1 aliphatic heterocycles. The van der Waals surface area contributed by atoms with Crippen molar-refractivity contribution in [3.05, 3.63) is 71.3 Å². The Kier molecular flexibility index (Phi) is 6.50. The summed E-state index contributed by atoms with van der Waals surface area (Å²) in [6.45, 7) is 4.83. The third-order valence-electron chi connectivity index (χ3n) is 6.29. The molecule has 1 heterocycles. The van der Waals surface area contributed by atoms with Gasteiger partial charge in [-0.3, -0.25) is 4.99 Å². The second kappa shape index (κ2) is 9.45. The maximum Gasteiger partial charge on any atom is 0.190 e. The van der Waals surface area contributed by atoms with Crippen molar-refractivity contribution in [3.63, 3.8) is 0 Å². The first-order chi connectivity index (χ1) is 14.2. The Morgan fingerprint density at radius 3 is 2.41 bits per heavy atom. The largest absolute Gasteiger partial charge is 0.373 e. The zero-order valence-electron chi connectivity index (χ0n) is 17.6. The number of nitrogens with zero attached hydrogens (tertiary/aromatic N) is 1. The molecule has 4 atom stereocenters. The monoisotopic (exact) mass is 391 g/mol. The number of hydrogen-bond donors (Lipinski definition) is 2. The van der Waals surface area contributed by atoms with Crippen LogP contribution in [0.4, 0.5) is 0 Å². The van der Waals surface area contributed by atoms with Crippen molar-refractivity contribution < 1.29 is 4.74 Å². The molecule has 0 bridgehead atoms. The van der Waals surface area contributed by atoms with Crippen molar-refractivity contribution in [3.8, 4) is 0 Å². The molecule has 4 rings (SSSR count). The summed E-state index contributed by atoms with van der Waals surface area (Å²) in [7, 11) is 1.85. The van der Waals surface area contributed by atoms with E-state index in [1.165, 1.54) is 29.5 Å². The van der Waals surface area contributed by atoms with E-state index >= 15 is 0 Å². The van der Waals surface area contributed by atoms with Gasteiger partial charge in [0.25, 0.3) is 0 Å². The molecule has 4 heteroatoms. The first kappa shape index (κ1) is 20.0. The number of rotatable bonds is 6. The lowest BCUT2D eigenvalue weighted by molar-refractivity contribution is -0.0265. The maximum atomic E-state index is 6.15. The number of aliphatic imine (C=N–C) groups is 1. The fourth-order valence-corrected chi connectivity index (χ4v) is 4.43. The smallest absolute Gasteiger partial charge is 0.190 e. The van der Waals surface area contributed by atoms with Crippen LogP contribution < -0.4 is 10.6 Å². The predicted octanol–water partition coefficient (Wildman–Crippen LogP) is 4.43. The van der Waals surface area contributed by atoms with E-state index < -0.39 is 0 Å². The number of hydrogen-bond acceptors (Lipinski definition) is 2. The fourth-order valence-electron chi connectivity index (χ4n) is 4.43. The molecule has 1 aliphatic carbocycles. The van der Waals surface area contributed by atoms with E-state index in [4.69, 9.17) is 4.74 Å². The lowest BCUT2D eigenvalue weighted by Gasteiger charge is -2.32. The minimum Gasteiger partial charge on any atom is -0.373 e. The Balaban J connectivity index is 1.27. The van der Waals surface area contributed by atoms with Gasteiger partial charge in [0.05, 0.1) is 6.10 Å². The first-order valence-corrected chi connectivity index (χ1v) is 10.9. The molecule has 2 aromatic rings. The highest BCUT2D eigenvalue weighted by molar-refractivity contribution is 5.79. The number of guanidine groups is 1. The molecule has 2 aromatic carbocycles. The molecular weight excluding hydrogens is 358 g/mol. The average Bonchev–Trinajstić information content (AvgIpc) is 3.55. The van der Waals surface area contributed by atoms with E-state index in [2.05, 4.69) is 77.1 Å². The third kappa shape index (κ3) is 5.18. The third-order valence-corrected chi connectivity index (χ3v) is 6.29. The van der Waals surface area contributed by atoms with Gasteiger partial charge in [0.15, 0.2) is 5.96 Å². The molecule has 29 heavy (non-hydrogen) atoms. The van der Waals surface area contributed by atoms with E-state index in [0.29, 0.717) is 17.8 Å². The van der Waals surface area contributed by atoms with Crippen LogP contribution in [-0.2, 0) is 4.74 Å². The summed E-state index contributed by atoms with van der Waals surface area (Å²) in [5.41, 5.74) is 4.04. The van der Waals surface area contributed by atoms with Crippen molar-refractivity contribution in [1.82, 2.24) is 10.6 Å². The van der Waals surface area contributed by atoms with Crippen molar-refractivity contribution in [1.29, 1.82) is 0 Å². The van der Waals surface area contributed by atoms with Crippen LogP contribution in [-0.4, -0.2) is 32.7 Å². The summed E-state index contributed by atoms with van der Waals surface area (Å²) < 4.78 is 6.15. The van der Waals surface area contributed by atoms with Crippen LogP contribution in [0, 0.1) is 18.8 Å². The van der Waals surface area contributed by atoms with Gasteiger partial charge in [0, 0.05) is 32.7 Å². The molecule has 4 unspecified atom stereocenters. The molecule has 1 saturated heterocycles. The van der Waals surface area contributed by atoms with Gasteiger partial charge in [-0.15, -0.1) is 0 Å². The molecule has 0 spiro atoms. The molecule has 2 fully saturated rings. The summed E-state index contributed by atoms with van der Waals surface area (Å²) in [4.78, 5) is 4.43. The average molecular weight is 392 g/mol. The highest BCUT2D eigenvalue weighted by Crippen LogP contribution is 2.46. The van der Waals surface area contributed by atoms with E-state index in [1.807, 2.05) is 7.05 Å². The zero-order chi connectivity index (χ0) is 20.1. The number of aryl methyl sites for hydroxylation is 1. The Bertz CT molecular complexity index is 803. The number of nitrogens with one attached hydrogen (secondary N) is 2. The lowest BCUT2D eigenvalue weighted by atomic mass is 9.89. The zero-order valence-corrected chi connectivity index (χ0v) is 17.6. The SMILES string of the molecule is CN=C(NCC1CC1c1ccccc1)NCC1CCCOC1c1ccc(C)cc1. The van der Waals surface area contributed by atoms with Crippen molar-refractivity contribution in [2.24, 2.45) is 16.8 Å². The number of ether oxygens (including phenoxy) is 1. The van der Waals surface area contributed by atoms with Crippen LogP contribution in [0.2, 0.25) is 0 Å². The van der Waals surface area contributed by atoms with E-state index in [-0.39, 0.29) is 6.10 Å². The van der Waals surface area contributed by atoms with Gasteiger partial charge in [-0.05, 0) is 49.1 Å². The topological polar surface area (TPSA) is 45.7 Å². The van der Waals surface area contributed by atoms with Gasteiger partial charge in [-0.2, -0.15) is 0 Å². The minimum atomic E-state index is 0.167. The molecule has 0 amide bonds. The standard InChI is InChI=1S/C25H33N3O/c1-18-10-12-20(13-11-18)24-21(9-6-14-29-24)16-27-25(26-2)28-17-22-15-23(22)19-7-4-3-5-8-19/h3-5,7-8,10-13,21-24H,6,9,14-17H2,1-2H3,(H2,26,27,28). The van der Waals surface area contributed by atoms with Gasteiger partial charge < -0.3 is 15.4 Å². The Morgan fingerprint density at radius 1 is 0.966 bits per heavy atom. The molecular formula is C25H33N3O. The molecule has 154 valence electrons. The van der Waals surface area contributed by atoms with E-state index in [9.17, 15) is 0 Å². The van der Waals surface area contributed by atoms with Gasteiger partial charge in [0.1, 0.15) is 0 Å². The van der Waals surface area contributed by atoms with E-state index in [0.717, 1.165) is 32.1 Å². The van der Waals surface area contributed by atoms with Gasteiger partial charge >= 0.3 is 0 Å². The summed E-state index contributed by atoms with van der Waals surface area (Å²) in [6.07, 6.45) is 3.74. The summed E-state index contributed by atoms with van der Waals surface area (Å²) in [5.74, 6) is 2.76. The summed E-state index contributed by atoms with van der Waals surface area (Å²) >= 11 is 0. The molecule has 0 aromatic heterocycles. The number of benzene rings is 2. The second-order valence-corrected chi connectivity index (χ2v) is 8.45. The second-order valence-electron chi connectivity index (χ2n) is 8.45. The normalized spacial score (nSPS) is 26.8. The van der Waals surface area contributed by atoms with Crippen molar-refractivity contribution in [2.45, 2.75) is 38.2 Å². The van der Waals surface area contributed by atoms with Crippen LogP contribution in [0.3, 0.4) is 0 Å². The van der Waals surface area contributed by atoms with Gasteiger partial charge in [-0.1, -0.05) is 60.2 Å². The molecule has 2 aliphatic rings. The Hall–Kier alpha value is -2.33. The summed E-state index contributed by atoms with van der Waals surface area (Å²) in [6, 6.07) is 19.6. The Labute approximate surface area is 174 Å². The molecule has 1 saturated carbocycles. The highest BCUT2D eigenvalue weighted by Gasteiger charge is 2.38. The maximum absolute atomic E-state index is 6.15. The molecule has 2 N–H and O–H groups in total. The Morgan fingerprint density at radius 2 is 1.69 bits per heavy atom. The lowest BCUT2D eigenvalue weighted by Crippen LogP contribution is -2.42. The van der Waals surface area contributed by atoms with Crippen molar-refractivity contribution in [2.75, 3.05) is 26.7 Å². The van der Waals surface area contributed by atoms with Crippen LogP contribution >= 0.6 is 0 Å². The molecule has 0 radical (unpaired) electrons. The van der Waals surface area contributed by atoms with Crippen LogP contribution in [0.25, 0.3) is 0 Å². The first-order valence-electron chi connectivity index (χ1n) is 10.9. The highest BCUT2D eigenvalue weighted by atomic mass is 16.5. The quantitative estimate of drug-likeness (QED) is 0.566. The molecule has 4 nitrogen and oxygen atoms in total. The van der Waals surface area contributed by atoms with Crippen LogP contribution in [0.1, 0.15) is 48.0 Å². The van der Waals surface area contributed by atoms with Gasteiger partial charge in [-0.25, -0.2) is 0 Å². The van der Waals surface area contributed by atoms with Crippen LogP contribution in [0.15, 0.2) is 59.6 Å². The summed E-state index contributed by atoms with van der Waals surface area (Å²) in [5, 5.41) is 7.08. The fraction of sp³-hybridized carbons (Fsp3) is 0.480. The van der Waals surface area contributed by atoms with E-state index in [1.54, 1.807) is 0 Å². The predicted molar refractivity (Wildman–Crippen MR) is 119 cm³/mol. The minimum absolute atomic E-state index is 0.167. The van der Waals surface area contributed by atoms with Crippen molar-refractivity contribution >= 4 is 5.96 Å². The van der Waals surface area contributed by atoms with Gasteiger partial charge in [0.2, 0.25) is 0 Å².